The summed E-state index contributed by atoms with van der Waals surface area (Å²) in [5.41, 5.74) is 3.92. The zero-order valence-electron chi connectivity index (χ0n) is 13.1. The molecule has 0 aromatic heterocycles. The molecule has 0 aliphatic heterocycles. The first-order valence-corrected chi connectivity index (χ1v) is 7.82. The van der Waals surface area contributed by atoms with Crippen molar-refractivity contribution in [3.63, 3.8) is 0 Å². The van der Waals surface area contributed by atoms with E-state index in [9.17, 15) is 0 Å². The van der Waals surface area contributed by atoms with E-state index >= 15 is 0 Å². The molecule has 0 bridgehead atoms. The van der Waals surface area contributed by atoms with Gasteiger partial charge in [0, 0.05) is 0 Å². The summed E-state index contributed by atoms with van der Waals surface area (Å²) in [5, 5.41) is 3.34. The first-order chi connectivity index (χ1) is 10.3. The third-order valence-corrected chi connectivity index (χ3v) is 3.60. The van der Waals surface area contributed by atoms with Crippen molar-refractivity contribution >= 4 is 0 Å². The molecule has 2 rings (SSSR count). The highest BCUT2D eigenvalue weighted by molar-refractivity contribution is 5.28. The second-order valence-corrected chi connectivity index (χ2v) is 5.21. The molecule has 112 valence electrons. The minimum Gasteiger partial charge on any atom is -0.489 e. The highest BCUT2D eigenvalue weighted by Gasteiger charge is 1.98. The fraction of sp³-hybridized carbons (Fsp3) is 0.368. The van der Waals surface area contributed by atoms with Gasteiger partial charge >= 0.3 is 0 Å². The molecule has 2 nitrogen and oxygen atoms in total. The summed E-state index contributed by atoms with van der Waals surface area (Å²) in [6.07, 6.45) is 2.14. The van der Waals surface area contributed by atoms with E-state index < -0.39 is 0 Å². The Bertz CT molecular complexity index is 516. The van der Waals surface area contributed by atoms with E-state index in [2.05, 4.69) is 55.6 Å². The molecule has 2 aromatic rings. The number of ether oxygens (including phenoxy) is 1. The summed E-state index contributed by atoms with van der Waals surface area (Å²) in [6, 6.07) is 17.0. The third-order valence-electron chi connectivity index (χ3n) is 3.60. The van der Waals surface area contributed by atoms with Crippen LogP contribution in [-0.2, 0) is 19.4 Å². The van der Waals surface area contributed by atoms with Crippen molar-refractivity contribution in [1.29, 1.82) is 0 Å². The molecule has 2 aromatic carbocycles. The van der Waals surface area contributed by atoms with Gasteiger partial charge in [0.2, 0.25) is 0 Å². The third kappa shape index (κ3) is 5.24. The van der Waals surface area contributed by atoms with E-state index in [1.54, 1.807) is 0 Å². The van der Waals surface area contributed by atoms with Crippen molar-refractivity contribution in [1.82, 2.24) is 5.32 Å². The number of hydrogen-bond acceptors (Lipinski definition) is 2. The van der Waals surface area contributed by atoms with Crippen LogP contribution in [0.5, 0.6) is 5.75 Å². The number of hydrogen-bond donors (Lipinski definition) is 1. The van der Waals surface area contributed by atoms with Crippen molar-refractivity contribution < 1.29 is 4.74 Å². The normalized spacial score (nSPS) is 10.6. The Morgan fingerprint density at radius 1 is 0.810 bits per heavy atom. The van der Waals surface area contributed by atoms with E-state index in [-0.39, 0.29) is 0 Å². The van der Waals surface area contributed by atoms with Gasteiger partial charge in [-0.25, -0.2) is 0 Å². The van der Waals surface area contributed by atoms with Gasteiger partial charge < -0.3 is 10.1 Å². The zero-order chi connectivity index (χ0) is 14.9. The lowest BCUT2D eigenvalue weighted by atomic mass is 10.1. The van der Waals surface area contributed by atoms with Crippen molar-refractivity contribution in [2.45, 2.75) is 33.3 Å². The molecule has 0 spiro atoms. The molecule has 0 aliphatic rings. The fourth-order valence-corrected chi connectivity index (χ4v) is 2.20. The molecule has 0 saturated carbocycles. The first-order valence-electron chi connectivity index (χ1n) is 7.82. The van der Waals surface area contributed by atoms with Crippen LogP contribution >= 0.6 is 0 Å². The van der Waals surface area contributed by atoms with E-state index in [1.807, 2.05) is 12.1 Å². The monoisotopic (exact) mass is 283 g/mol. The molecule has 1 N–H and O–H groups in total. The van der Waals surface area contributed by atoms with Gasteiger partial charge in [0.1, 0.15) is 12.4 Å². The molecule has 0 unspecified atom stereocenters. The maximum Gasteiger partial charge on any atom is 0.119 e. The highest BCUT2D eigenvalue weighted by atomic mass is 16.5. The van der Waals surface area contributed by atoms with Crippen LogP contribution in [0.2, 0.25) is 0 Å². The maximum absolute atomic E-state index is 5.82. The number of nitrogens with one attached hydrogen (secondary N) is 1. The van der Waals surface area contributed by atoms with Gasteiger partial charge in [0.05, 0.1) is 0 Å². The summed E-state index contributed by atoms with van der Waals surface area (Å²) in [4.78, 5) is 0. The van der Waals surface area contributed by atoms with Gasteiger partial charge in [-0.1, -0.05) is 50.2 Å². The summed E-state index contributed by atoms with van der Waals surface area (Å²) in [6.45, 7) is 6.98. The van der Waals surface area contributed by atoms with E-state index in [0.717, 1.165) is 31.7 Å². The number of benzene rings is 2. The largest absolute Gasteiger partial charge is 0.489 e. The molecule has 0 aliphatic carbocycles. The standard InChI is InChI=1S/C19H25NO/c1-3-16-9-11-19(12-10-16)21-15-18-7-5-17(6-8-18)13-14-20-4-2/h5-12,20H,3-4,13-15H2,1-2H3. The van der Waals surface area contributed by atoms with E-state index in [1.165, 1.54) is 16.7 Å². The van der Waals surface area contributed by atoms with Crippen LogP contribution in [0.1, 0.15) is 30.5 Å². The maximum atomic E-state index is 5.82. The first kappa shape index (κ1) is 15.6. The van der Waals surface area contributed by atoms with Crippen LogP contribution in [0.3, 0.4) is 0 Å². The van der Waals surface area contributed by atoms with Crippen molar-refractivity contribution in [2.24, 2.45) is 0 Å². The molecule has 0 heterocycles. The lowest BCUT2D eigenvalue weighted by molar-refractivity contribution is 0.306. The highest BCUT2D eigenvalue weighted by Crippen LogP contribution is 2.15. The van der Waals surface area contributed by atoms with E-state index in [0.29, 0.717) is 6.61 Å². The minimum atomic E-state index is 0.624. The number of likely N-dealkylation sites (N-methyl/N-ethyl adjacent to an activating group) is 1. The molecule has 0 saturated heterocycles. The van der Waals surface area contributed by atoms with Crippen LogP contribution in [0.15, 0.2) is 48.5 Å². The molecule has 0 amide bonds. The van der Waals surface area contributed by atoms with Crippen LogP contribution in [-0.4, -0.2) is 13.1 Å². The molecule has 21 heavy (non-hydrogen) atoms. The number of rotatable bonds is 8. The molecule has 2 heteroatoms. The van der Waals surface area contributed by atoms with Gasteiger partial charge in [-0.15, -0.1) is 0 Å². The lowest BCUT2D eigenvalue weighted by Crippen LogP contribution is -2.15. The van der Waals surface area contributed by atoms with Crippen molar-refractivity contribution in [3.8, 4) is 5.75 Å². The molecular weight excluding hydrogens is 258 g/mol. The van der Waals surface area contributed by atoms with E-state index in [4.69, 9.17) is 4.74 Å². The molecular formula is C19H25NO. The summed E-state index contributed by atoms with van der Waals surface area (Å²) < 4.78 is 5.82. The minimum absolute atomic E-state index is 0.624. The Hall–Kier alpha value is -1.80. The predicted molar refractivity (Wildman–Crippen MR) is 88.8 cm³/mol. The van der Waals surface area contributed by atoms with Crippen LogP contribution in [0, 0.1) is 0 Å². The van der Waals surface area contributed by atoms with Crippen LogP contribution < -0.4 is 10.1 Å². The topological polar surface area (TPSA) is 21.3 Å². The summed E-state index contributed by atoms with van der Waals surface area (Å²) in [5.74, 6) is 0.934. The second-order valence-electron chi connectivity index (χ2n) is 5.21. The Morgan fingerprint density at radius 3 is 2.05 bits per heavy atom. The SMILES string of the molecule is CCNCCc1ccc(COc2ccc(CC)cc2)cc1. The fourth-order valence-electron chi connectivity index (χ4n) is 2.20. The summed E-state index contributed by atoms with van der Waals surface area (Å²) in [7, 11) is 0. The predicted octanol–water partition coefficient (Wildman–Crippen LogP) is 3.98. The lowest BCUT2D eigenvalue weighted by Gasteiger charge is -2.08. The smallest absolute Gasteiger partial charge is 0.119 e. The van der Waals surface area contributed by atoms with Crippen molar-refractivity contribution in [2.75, 3.05) is 13.1 Å². The average molecular weight is 283 g/mol. The Kier molecular flexibility index (Phi) is 6.29. The van der Waals surface area contributed by atoms with Gasteiger partial charge in [-0.05, 0) is 54.8 Å². The summed E-state index contributed by atoms with van der Waals surface area (Å²) >= 11 is 0. The molecule has 0 atom stereocenters. The second kappa shape index (κ2) is 8.48. The van der Waals surface area contributed by atoms with Crippen LogP contribution in [0.4, 0.5) is 0 Å². The van der Waals surface area contributed by atoms with Gasteiger partial charge in [-0.3, -0.25) is 0 Å². The average Bonchev–Trinajstić information content (AvgIpc) is 2.55. The van der Waals surface area contributed by atoms with Gasteiger partial charge in [-0.2, -0.15) is 0 Å². The number of aryl methyl sites for hydroxylation is 1. The Morgan fingerprint density at radius 2 is 1.43 bits per heavy atom. The Balaban J connectivity index is 1.82. The quantitative estimate of drug-likeness (QED) is 0.740. The van der Waals surface area contributed by atoms with Gasteiger partial charge in [0.15, 0.2) is 0 Å². The van der Waals surface area contributed by atoms with Crippen molar-refractivity contribution in [3.05, 3.63) is 65.2 Å². The van der Waals surface area contributed by atoms with Crippen LogP contribution in [0.25, 0.3) is 0 Å². The molecule has 0 radical (unpaired) electrons. The Labute approximate surface area is 128 Å². The van der Waals surface area contributed by atoms with Gasteiger partial charge in [0.25, 0.3) is 0 Å². The zero-order valence-corrected chi connectivity index (χ0v) is 13.1. The molecule has 0 fully saturated rings.